The zero-order valence-electron chi connectivity index (χ0n) is 14.5. The van der Waals surface area contributed by atoms with Crippen molar-refractivity contribution in [1.29, 1.82) is 0 Å². The van der Waals surface area contributed by atoms with E-state index >= 15 is 0 Å². The molecule has 0 bridgehead atoms. The number of allylic oxidation sites excluding steroid dienone is 2. The van der Waals surface area contributed by atoms with E-state index in [1.807, 2.05) is 6.92 Å². The van der Waals surface area contributed by atoms with Crippen LogP contribution in [0.5, 0.6) is 0 Å². The van der Waals surface area contributed by atoms with Crippen molar-refractivity contribution in [3.05, 3.63) is 80.9 Å². The average molecular weight is 334 g/mol. The average Bonchev–Trinajstić information content (AvgIpc) is 3.11. The quantitative estimate of drug-likeness (QED) is 0.471. The number of hydrogen-bond acceptors (Lipinski definition) is 3. The Morgan fingerprint density at radius 1 is 1.24 bits per heavy atom. The fraction of sp³-hybridized carbons (Fsp3) is 0.333. The SMILES string of the molecule is CCc1ccc([C@@H]2Nc3c(C)cc([N+](=O)[O-])cc3[C@@H]3C=CC[C@@H]32)cc1. The van der Waals surface area contributed by atoms with Crippen molar-refractivity contribution in [2.24, 2.45) is 5.92 Å². The lowest BCUT2D eigenvalue weighted by Crippen LogP contribution is -2.29. The van der Waals surface area contributed by atoms with E-state index in [1.54, 1.807) is 12.1 Å². The van der Waals surface area contributed by atoms with Gasteiger partial charge in [-0.1, -0.05) is 43.3 Å². The molecule has 0 saturated carbocycles. The third kappa shape index (κ3) is 2.62. The van der Waals surface area contributed by atoms with Crippen LogP contribution in [0, 0.1) is 23.0 Å². The molecule has 4 nitrogen and oxygen atoms in total. The van der Waals surface area contributed by atoms with Crippen LogP contribution in [-0.2, 0) is 6.42 Å². The van der Waals surface area contributed by atoms with Crippen molar-refractivity contribution in [2.75, 3.05) is 5.32 Å². The fourth-order valence-corrected chi connectivity index (χ4v) is 4.26. The lowest BCUT2D eigenvalue weighted by molar-refractivity contribution is -0.385. The predicted molar refractivity (Wildman–Crippen MR) is 100 cm³/mol. The monoisotopic (exact) mass is 334 g/mol. The van der Waals surface area contributed by atoms with Crippen LogP contribution in [-0.4, -0.2) is 4.92 Å². The number of nitro benzene ring substituents is 1. The van der Waals surface area contributed by atoms with Gasteiger partial charge in [0, 0.05) is 23.7 Å². The molecular weight excluding hydrogens is 312 g/mol. The van der Waals surface area contributed by atoms with Crippen LogP contribution in [0.15, 0.2) is 48.6 Å². The molecule has 25 heavy (non-hydrogen) atoms. The van der Waals surface area contributed by atoms with Crippen molar-refractivity contribution in [1.82, 2.24) is 0 Å². The molecule has 2 aromatic carbocycles. The Balaban J connectivity index is 1.78. The Kier molecular flexibility index (Phi) is 3.83. The first-order valence-electron chi connectivity index (χ1n) is 8.89. The molecule has 0 saturated heterocycles. The summed E-state index contributed by atoms with van der Waals surface area (Å²) in [5.41, 5.74) is 5.88. The normalized spacial score (nSPS) is 23.7. The maximum Gasteiger partial charge on any atom is 0.270 e. The van der Waals surface area contributed by atoms with Gasteiger partial charge in [0.05, 0.1) is 11.0 Å². The number of hydrogen-bond donors (Lipinski definition) is 1. The lowest BCUT2D eigenvalue weighted by Gasteiger charge is -2.38. The summed E-state index contributed by atoms with van der Waals surface area (Å²) in [6, 6.07) is 12.5. The Hall–Kier alpha value is -2.62. The molecular formula is C21H22N2O2. The van der Waals surface area contributed by atoms with Gasteiger partial charge in [-0.15, -0.1) is 0 Å². The summed E-state index contributed by atoms with van der Waals surface area (Å²) in [5.74, 6) is 0.645. The minimum Gasteiger partial charge on any atom is -0.377 e. The third-order valence-corrected chi connectivity index (χ3v) is 5.61. The molecule has 0 spiro atoms. The zero-order valence-corrected chi connectivity index (χ0v) is 14.5. The van der Waals surface area contributed by atoms with Gasteiger partial charge in [-0.3, -0.25) is 10.1 Å². The number of benzene rings is 2. The van der Waals surface area contributed by atoms with Gasteiger partial charge >= 0.3 is 0 Å². The highest BCUT2D eigenvalue weighted by atomic mass is 16.6. The smallest absolute Gasteiger partial charge is 0.270 e. The standard InChI is InChI=1S/C21H22N2O2/c1-3-14-7-9-15(10-8-14)21-18-6-4-5-17(18)19-12-16(23(24)25)11-13(2)20(19)22-21/h4-5,7-12,17-18,21-22H,3,6H2,1-2H3/t17-,18+,21+/m1/s1. The number of anilines is 1. The molecule has 2 aromatic rings. The van der Waals surface area contributed by atoms with E-state index in [1.165, 1.54) is 11.1 Å². The second-order valence-electron chi connectivity index (χ2n) is 7.05. The van der Waals surface area contributed by atoms with Crippen molar-refractivity contribution in [3.8, 4) is 0 Å². The molecule has 3 atom stereocenters. The van der Waals surface area contributed by atoms with Crippen LogP contribution >= 0.6 is 0 Å². The Morgan fingerprint density at radius 2 is 2.00 bits per heavy atom. The van der Waals surface area contributed by atoms with E-state index in [2.05, 4.69) is 48.7 Å². The third-order valence-electron chi connectivity index (χ3n) is 5.61. The van der Waals surface area contributed by atoms with Gasteiger partial charge in [-0.25, -0.2) is 0 Å². The first-order chi connectivity index (χ1) is 12.1. The van der Waals surface area contributed by atoms with E-state index in [9.17, 15) is 10.1 Å². The van der Waals surface area contributed by atoms with Gasteiger partial charge in [0.2, 0.25) is 0 Å². The second-order valence-corrected chi connectivity index (χ2v) is 7.05. The van der Waals surface area contributed by atoms with Gasteiger partial charge in [0.25, 0.3) is 5.69 Å². The minimum atomic E-state index is -0.295. The lowest BCUT2D eigenvalue weighted by atomic mass is 9.76. The highest BCUT2D eigenvalue weighted by molar-refractivity contribution is 5.67. The number of aryl methyl sites for hydroxylation is 2. The first-order valence-corrected chi connectivity index (χ1v) is 8.89. The maximum absolute atomic E-state index is 11.2. The van der Waals surface area contributed by atoms with Crippen molar-refractivity contribution < 1.29 is 4.92 Å². The van der Waals surface area contributed by atoms with E-state index in [4.69, 9.17) is 0 Å². The van der Waals surface area contributed by atoms with Gasteiger partial charge in [0.15, 0.2) is 0 Å². The van der Waals surface area contributed by atoms with Crippen LogP contribution in [0.3, 0.4) is 0 Å². The van der Waals surface area contributed by atoms with Crippen molar-refractivity contribution in [3.63, 3.8) is 0 Å². The fourth-order valence-electron chi connectivity index (χ4n) is 4.26. The zero-order chi connectivity index (χ0) is 17.6. The van der Waals surface area contributed by atoms with Crippen LogP contribution in [0.4, 0.5) is 11.4 Å². The number of fused-ring (bicyclic) bond motifs is 3. The summed E-state index contributed by atoms with van der Waals surface area (Å²) >= 11 is 0. The van der Waals surface area contributed by atoms with E-state index in [0.717, 1.165) is 29.7 Å². The highest BCUT2D eigenvalue weighted by Gasteiger charge is 2.39. The molecule has 0 amide bonds. The summed E-state index contributed by atoms with van der Waals surface area (Å²) in [4.78, 5) is 10.9. The molecule has 128 valence electrons. The Morgan fingerprint density at radius 3 is 2.68 bits per heavy atom. The molecule has 1 heterocycles. The van der Waals surface area contributed by atoms with Gasteiger partial charge in [0.1, 0.15) is 0 Å². The van der Waals surface area contributed by atoms with Crippen LogP contribution < -0.4 is 5.32 Å². The molecule has 0 unspecified atom stereocenters. The van der Waals surface area contributed by atoms with Crippen molar-refractivity contribution in [2.45, 2.75) is 38.6 Å². The van der Waals surface area contributed by atoms with Crippen molar-refractivity contribution >= 4 is 11.4 Å². The maximum atomic E-state index is 11.2. The van der Waals surface area contributed by atoms with E-state index in [-0.39, 0.29) is 22.6 Å². The number of nitro groups is 1. The summed E-state index contributed by atoms with van der Waals surface area (Å²) in [7, 11) is 0. The summed E-state index contributed by atoms with van der Waals surface area (Å²) in [6.45, 7) is 4.12. The summed E-state index contributed by atoms with van der Waals surface area (Å²) in [6.07, 6.45) is 6.48. The molecule has 1 N–H and O–H groups in total. The molecule has 0 aromatic heterocycles. The van der Waals surface area contributed by atoms with Gasteiger partial charge < -0.3 is 5.32 Å². The summed E-state index contributed by atoms with van der Waals surface area (Å²) < 4.78 is 0. The van der Waals surface area contributed by atoms with Crippen LogP contribution in [0.1, 0.15) is 47.6 Å². The van der Waals surface area contributed by atoms with Crippen LogP contribution in [0.2, 0.25) is 0 Å². The number of nitrogens with zero attached hydrogens (tertiary/aromatic N) is 1. The molecule has 4 rings (SSSR count). The topological polar surface area (TPSA) is 55.2 Å². The highest BCUT2D eigenvalue weighted by Crippen LogP contribution is 2.51. The number of nitrogens with one attached hydrogen (secondary N) is 1. The first kappa shape index (κ1) is 15.9. The summed E-state index contributed by atoms with van der Waals surface area (Å²) in [5, 5.41) is 14.9. The van der Waals surface area contributed by atoms with Gasteiger partial charge in [-0.05, 0) is 47.9 Å². The molecule has 4 heteroatoms. The number of non-ortho nitro benzene ring substituents is 1. The molecule has 0 fully saturated rings. The molecule has 1 aliphatic heterocycles. The Labute approximate surface area is 147 Å². The minimum absolute atomic E-state index is 0.183. The van der Waals surface area contributed by atoms with E-state index < -0.39 is 0 Å². The predicted octanol–water partition coefficient (Wildman–Crippen LogP) is 5.29. The second kappa shape index (κ2) is 6.03. The van der Waals surface area contributed by atoms with Gasteiger partial charge in [-0.2, -0.15) is 0 Å². The van der Waals surface area contributed by atoms with E-state index in [0.29, 0.717) is 5.92 Å². The Bertz CT molecular complexity index is 855. The molecule has 2 aliphatic rings. The largest absolute Gasteiger partial charge is 0.377 e. The molecule has 1 aliphatic carbocycles. The van der Waals surface area contributed by atoms with Crippen LogP contribution in [0.25, 0.3) is 0 Å². The number of rotatable bonds is 3. The molecule has 0 radical (unpaired) electrons.